The number of carbonyl (C=O) groups is 2. The predicted molar refractivity (Wildman–Crippen MR) is 125 cm³/mol. The maximum absolute atomic E-state index is 12.2. The van der Waals surface area contributed by atoms with Gasteiger partial charge in [0.15, 0.2) is 6.04 Å². The maximum Gasteiger partial charge on any atom is 0.328 e. The van der Waals surface area contributed by atoms with E-state index in [1.807, 2.05) is 12.1 Å². The van der Waals surface area contributed by atoms with Crippen LogP contribution in [0.15, 0.2) is 36.4 Å². The fraction of sp³-hybridized carbons (Fsp3) is 0.333. The molecule has 174 valence electrons. The maximum atomic E-state index is 12.2. The molecule has 0 aliphatic heterocycles. The topological polar surface area (TPSA) is 128 Å². The fourth-order valence-corrected chi connectivity index (χ4v) is 3.41. The zero-order chi connectivity index (χ0) is 24.1. The third-order valence-corrected chi connectivity index (χ3v) is 5.26. The number of aliphatic carboxylic acids is 1. The molecule has 9 heteroatoms. The lowest BCUT2D eigenvalue weighted by atomic mass is 10.1. The third kappa shape index (κ3) is 9.46. The van der Waals surface area contributed by atoms with E-state index in [1.54, 1.807) is 23.5 Å². The van der Waals surface area contributed by atoms with Crippen LogP contribution in [-0.4, -0.2) is 65.7 Å². The molecule has 1 aromatic heterocycles. The molecule has 2 aromatic rings. The van der Waals surface area contributed by atoms with Gasteiger partial charge in [0, 0.05) is 29.1 Å². The highest BCUT2D eigenvalue weighted by Gasteiger charge is 2.25. The highest BCUT2D eigenvalue weighted by atomic mass is 32.1. The van der Waals surface area contributed by atoms with Crippen LogP contribution in [0, 0.1) is 23.7 Å². The number of aliphatic hydroxyl groups is 2. The van der Waals surface area contributed by atoms with Crippen LogP contribution < -0.4 is 10.6 Å². The molecule has 0 saturated heterocycles. The molecule has 2 rings (SSSR count). The lowest BCUT2D eigenvalue weighted by Crippen LogP contribution is -2.47. The Morgan fingerprint density at radius 2 is 1.82 bits per heavy atom. The average Bonchev–Trinajstić information content (AvgIpc) is 3.25. The Hall–Kier alpha value is -3.18. The first-order chi connectivity index (χ1) is 15.9. The molecule has 0 bridgehead atoms. The number of aliphatic hydroxyl groups excluding tert-OH is 2. The minimum absolute atomic E-state index is 0.0259. The zero-order valence-corrected chi connectivity index (χ0v) is 18.9. The molecule has 0 spiro atoms. The first-order valence-corrected chi connectivity index (χ1v) is 11.0. The standard InChI is InChI=1S/C24H26N2O6S/c1-17(28)22(24(30)31)26-23(29)19-8-6-18(7-9-19)4-2-3-5-20-10-11-21(33-20)16-25-12-14-32-15-13-27/h6-11,17,22,25,27-28H,12-16H2,1H3,(H,26,29)(H,30,31). The van der Waals surface area contributed by atoms with Crippen LogP contribution >= 0.6 is 11.3 Å². The summed E-state index contributed by atoms with van der Waals surface area (Å²) in [6, 6.07) is 8.89. The van der Waals surface area contributed by atoms with Gasteiger partial charge in [-0.15, -0.1) is 11.3 Å². The minimum Gasteiger partial charge on any atom is -0.480 e. The lowest BCUT2D eigenvalue weighted by molar-refractivity contribution is -0.141. The second kappa shape index (κ2) is 14.1. The monoisotopic (exact) mass is 470 g/mol. The summed E-state index contributed by atoms with van der Waals surface area (Å²) in [5.74, 6) is 9.57. The molecule has 0 saturated carbocycles. The van der Waals surface area contributed by atoms with Gasteiger partial charge in [-0.3, -0.25) is 4.79 Å². The molecule has 5 N–H and O–H groups in total. The number of ether oxygens (including phenoxy) is 1. The lowest BCUT2D eigenvalue weighted by Gasteiger charge is -2.16. The molecule has 0 aliphatic rings. The summed E-state index contributed by atoms with van der Waals surface area (Å²) in [7, 11) is 0. The highest BCUT2D eigenvalue weighted by Crippen LogP contribution is 2.14. The number of carboxylic acids is 1. The Morgan fingerprint density at radius 1 is 1.09 bits per heavy atom. The molecule has 0 aliphatic carbocycles. The van der Waals surface area contributed by atoms with Crippen molar-refractivity contribution >= 4 is 23.2 Å². The van der Waals surface area contributed by atoms with Crippen LogP contribution in [-0.2, 0) is 16.1 Å². The second-order valence-corrected chi connectivity index (χ2v) is 8.05. The van der Waals surface area contributed by atoms with Crippen molar-refractivity contribution in [3.63, 3.8) is 0 Å². The molecule has 33 heavy (non-hydrogen) atoms. The summed E-state index contributed by atoms with van der Waals surface area (Å²) in [4.78, 5) is 25.3. The highest BCUT2D eigenvalue weighted by molar-refractivity contribution is 7.12. The van der Waals surface area contributed by atoms with Gasteiger partial charge in [0.05, 0.1) is 30.8 Å². The zero-order valence-electron chi connectivity index (χ0n) is 18.1. The summed E-state index contributed by atoms with van der Waals surface area (Å²) in [6.07, 6.45) is -1.22. The van der Waals surface area contributed by atoms with E-state index in [4.69, 9.17) is 14.9 Å². The number of carbonyl (C=O) groups excluding carboxylic acids is 1. The Morgan fingerprint density at radius 3 is 2.48 bits per heavy atom. The van der Waals surface area contributed by atoms with Crippen LogP contribution in [0.25, 0.3) is 0 Å². The van der Waals surface area contributed by atoms with Gasteiger partial charge in [0.2, 0.25) is 0 Å². The summed E-state index contributed by atoms with van der Waals surface area (Å²) >= 11 is 1.57. The third-order valence-electron chi connectivity index (χ3n) is 4.26. The number of nitrogens with one attached hydrogen (secondary N) is 2. The van der Waals surface area contributed by atoms with Crippen LogP contribution in [0.2, 0.25) is 0 Å². The molecule has 2 atom stereocenters. The average molecular weight is 471 g/mol. The van der Waals surface area contributed by atoms with Crippen molar-refractivity contribution in [1.82, 2.24) is 10.6 Å². The van der Waals surface area contributed by atoms with Crippen molar-refractivity contribution in [3.05, 3.63) is 57.3 Å². The molecule has 0 fully saturated rings. The number of thiophene rings is 1. The number of hydrogen-bond donors (Lipinski definition) is 5. The van der Waals surface area contributed by atoms with Crippen molar-refractivity contribution in [3.8, 4) is 23.7 Å². The van der Waals surface area contributed by atoms with E-state index in [1.165, 1.54) is 19.1 Å². The van der Waals surface area contributed by atoms with Crippen molar-refractivity contribution in [2.75, 3.05) is 26.4 Å². The van der Waals surface area contributed by atoms with Gasteiger partial charge >= 0.3 is 5.97 Å². The number of amides is 1. The fourth-order valence-electron chi connectivity index (χ4n) is 2.58. The van der Waals surface area contributed by atoms with Gasteiger partial charge in [-0.25, -0.2) is 4.79 Å². The number of benzene rings is 1. The van der Waals surface area contributed by atoms with E-state index in [-0.39, 0.29) is 12.2 Å². The number of rotatable bonds is 11. The van der Waals surface area contributed by atoms with E-state index in [0.717, 1.165) is 9.75 Å². The first kappa shape index (κ1) is 26.1. The van der Waals surface area contributed by atoms with Crippen LogP contribution in [0.4, 0.5) is 0 Å². The van der Waals surface area contributed by atoms with E-state index in [9.17, 15) is 14.7 Å². The van der Waals surface area contributed by atoms with Gasteiger partial charge < -0.3 is 30.7 Å². The van der Waals surface area contributed by atoms with E-state index in [2.05, 4.69) is 34.3 Å². The molecule has 0 radical (unpaired) electrons. The Labute approximate surface area is 196 Å². The minimum atomic E-state index is -1.38. The van der Waals surface area contributed by atoms with Crippen molar-refractivity contribution in [1.29, 1.82) is 0 Å². The normalized spacial score (nSPS) is 12.0. The molecule has 2 unspecified atom stereocenters. The van der Waals surface area contributed by atoms with Gasteiger partial charge in [-0.05, 0) is 61.1 Å². The summed E-state index contributed by atoms with van der Waals surface area (Å²) < 4.78 is 5.18. The van der Waals surface area contributed by atoms with Gasteiger partial charge in [0.1, 0.15) is 0 Å². The van der Waals surface area contributed by atoms with Crippen molar-refractivity contribution in [2.24, 2.45) is 0 Å². The van der Waals surface area contributed by atoms with Gasteiger partial charge in [-0.1, -0.05) is 5.92 Å². The van der Waals surface area contributed by atoms with E-state index < -0.39 is 24.0 Å². The number of hydrogen-bond acceptors (Lipinski definition) is 7. The Bertz CT molecular complexity index is 1040. The Kier molecular flexibility index (Phi) is 11.1. The largest absolute Gasteiger partial charge is 0.480 e. The molecular weight excluding hydrogens is 444 g/mol. The number of carboxylic acid groups (broad SMARTS) is 1. The first-order valence-electron chi connectivity index (χ1n) is 10.2. The van der Waals surface area contributed by atoms with Gasteiger partial charge in [0.25, 0.3) is 5.91 Å². The molecule has 1 aromatic carbocycles. The molecule has 1 heterocycles. The van der Waals surface area contributed by atoms with E-state index >= 15 is 0 Å². The summed E-state index contributed by atoms with van der Waals surface area (Å²) in [6.45, 7) is 3.63. The van der Waals surface area contributed by atoms with Crippen LogP contribution in [0.5, 0.6) is 0 Å². The quantitative estimate of drug-likeness (QED) is 0.243. The van der Waals surface area contributed by atoms with Crippen LogP contribution in [0.1, 0.15) is 32.6 Å². The summed E-state index contributed by atoms with van der Waals surface area (Å²) in [5.41, 5.74) is 0.920. The van der Waals surface area contributed by atoms with Gasteiger partial charge in [-0.2, -0.15) is 0 Å². The summed E-state index contributed by atoms with van der Waals surface area (Å²) in [5, 5.41) is 32.7. The van der Waals surface area contributed by atoms with Crippen molar-refractivity contribution < 1.29 is 29.6 Å². The predicted octanol–water partition coefficient (Wildman–Crippen LogP) is 0.814. The second-order valence-electron chi connectivity index (χ2n) is 6.89. The van der Waals surface area contributed by atoms with E-state index in [0.29, 0.717) is 31.9 Å². The van der Waals surface area contributed by atoms with Crippen LogP contribution in [0.3, 0.4) is 0 Å². The Balaban J connectivity index is 1.85. The smallest absolute Gasteiger partial charge is 0.328 e. The molecule has 1 amide bonds. The van der Waals surface area contributed by atoms with Crippen molar-refractivity contribution in [2.45, 2.75) is 25.6 Å². The molecule has 8 nitrogen and oxygen atoms in total. The molecular formula is C24H26N2O6S. The SMILES string of the molecule is CC(O)C(NC(=O)c1ccc(C#CC#Cc2ccc(CNCCOCCO)s2)cc1)C(=O)O.